The van der Waals surface area contributed by atoms with Gasteiger partial charge in [0.15, 0.2) is 0 Å². The van der Waals surface area contributed by atoms with Crippen LogP contribution >= 0.6 is 0 Å². The molecule has 0 fully saturated rings. The van der Waals surface area contributed by atoms with Crippen LogP contribution in [-0.4, -0.2) is 14.9 Å². The average Bonchev–Trinajstić information content (AvgIpc) is 2.77. The second-order valence-corrected chi connectivity index (χ2v) is 5.10. The van der Waals surface area contributed by atoms with Gasteiger partial charge >= 0.3 is 0 Å². The summed E-state index contributed by atoms with van der Waals surface area (Å²) < 4.78 is 7.81. The van der Waals surface area contributed by atoms with Crippen molar-refractivity contribution >= 4 is 0 Å². The van der Waals surface area contributed by atoms with Crippen molar-refractivity contribution in [2.75, 3.05) is 0 Å². The molecule has 4 heteroatoms. The maximum Gasteiger partial charge on any atom is 0.130 e. The number of hydrogen-bond donors (Lipinski definition) is 1. The Morgan fingerprint density at radius 3 is 2.70 bits per heavy atom. The molecule has 0 spiro atoms. The Morgan fingerprint density at radius 2 is 2.05 bits per heavy atom. The zero-order valence-corrected chi connectivity index (χ0v) is 12.6. The van der Waals surface area contributed by atoms with Gasteiger partial charge in [-0.1, -0.05) is 11.6 Å². The molecule has 2 rings (SSSR count). The number of aryl methyl sites for hydroxylation is 3. The molecule has 0 saturated carbocycles. The number of benzene rings is 1. The molecule has 0 aliphatic rings. The third-order valence-corrected chi connectivity index (χ3v) is 3.28. The third kappa shape index (κ3) is 3.20. The fraction of sp³-hybridized carbons (Fsp3) is 0.438. The van der Waals surface area contributed by atoms with E-state index in [4.69, 9.17) is 4.74 Å². The number of nitrogens with zero attached hydrogens (tertiary/aromatic N) is 2. The first-order valence-corrected chi connectivity index (χ1v) is 6.96. The molecule has 2 aromatic rings. The van der Waals surface area contributed by atoms with Crippen LogP contribution in [0.25, 0.3) is 0 Å². The molecule has 0 aliphatic carbocycles. The largest absolute Gasteiger partial charge is 0.487 e. The molecule has 108 valence electrons. The quantitative estimate of drug-likeness (QED) is 0.911. The van der Waals surface area contributed by atoms with Crippen molar-refractivity contribution in [3.8, 4) is 5.75 Å². The number of aliphatic hydroxyl groups excluding tert-OH is 1. The summed E-state index contributed by atoms with van der Waals surface area (Å²) in [6.07, 6.45) is -0.539. The average molecular weight is 274 g/mol. The normalized spacial score (nSPS) is 12.4. The van der Waals surface area contributed by atoms with Gasteiger partial charge in [0.1, 0.15) is 12.4 Å². The molecule has 0 bridgehead atoms. The van der Waals surface area contributed by atoms with Gasteiger partial charge in [0, 0.05) is 12.1 Å². The summed E-state index contributed by atoms with van der Waals surface area (Å²) >= 11 is 0. The first-order valence-electron chi connectivity index (χ1n) is 6.96. The molecule has 1 heterocycles. The van der Waals surface area contributed by atoms with Gasteiger partial charge in [0.25, 0.3) is 0 Å². The van der Waals surface area contributed by atoms with E-state index in [0.717, 1.165) is 34.8 Å². The molecule has 1 atom stereocenters. The van der Waals surface area contributed by atoms with Gasteiger partial charge < -0.3 is 9.84 Å². The molecule has 0 radical (unpaired) electrons. The summed E-state index contributed by atoms with van der Waals surface area (Å²) in [5.74, 6) is 0.729. The third-order valence-electron chi connectivity index (χ3n) is 3.28. The minimum atomic E-state index is -0.539. The predicted octanol–water partition coefficient (Wildman–Crippen LogP) is 3.15. The van der Waals surface area contributed by atoms with E-state index in [1.165, 1.54) is 0 Å². The van der Waals surface area contributed by atoms with E-state index >= 15 is 0 Å². The molecule has 20 heavy (non-hydrogen) atoms. The summed E-state index contributed by atoms with van der Waals surface area (Å²) in [7, 11) is 0. The standard InChI is InChI=1S/C16H22N2O2/c1-5-18-14(9-12(3)17-18)10-20-16-7-6-11(2)8-15(16)13(4)19/h6-9,13,19H,5,10H2,1-4H3/t13-/m0/s1. The molecule has 0 unspecified atom stereocenters. The highest BCUT2D eigenvalue weighted by atomic mass is 16.5. The Morgan fingerprint density at radius 1 is 1.30 bits per heavy atom. The van der Waals surface area contributed by atoms with E-state index in [1.807, 2.05) is 42.8 Å². The Labute approximate surface area is 120 Å². The minimum Gasteiger partial charge on any atom is -0.487 e. The molecule has 1 aromatic heterocycles. The molecule has 0 aliphatic heterocycles. The van der Waals surface area contributed by atoms with Crippen molar-refractivity contribution in [2.45, 2.75) is 47.0 Å². The molecular formula is C16H22N2O2. The fourth-order valence-electron chi connectivity index (χ4n) is 2.27. The summed E-state index contributed by atoms with van der Waals surface area (Å²) in [6.45, 7) is 9.07. The highest BCUT2D eigenvalue weighted by Crippen LogP contribution is 2.27. The highest BCUT2D eigenvalue weighted by molar-refractivity contribution is 5.38. The smallest absolute Gasteiger partial charge is 0.130 e. The van der Waals surface area contributed by atoms with E-state index in [2.05, 4.69) is 12.0 Å². The van der Waals surface area contributed by atoms with Crippen LogP contribution in [0, 0.1) is 13.8 Å². The second-order valence-electron chi connectivity index (χ2n) is 5.10. The van der Waals surface area contributed by atoms with E-state index in [0.29, 0.717) is 6.61 Å². The van der Waals surface area contributed by atoms with Crippen LogP contribution in [0.15, 0.2) is 24.3 Å². The van der Waals surface area contributed by atoms with Gasteiger partial charge in [-0.15, -0.1) is 0 Å². The number of ether oxygens (including phenoxy) is 1. The second kappa shape index (κ2) is 6.09. The summed E-state index contributed by atoms with van der Waals surface area (Å²) in [5, 5.41) is 14.2. The number of hydrogen-bond acceptors (Lipinski definition) is 3. The summed E-state index contributed by atoms with van der Waals surface area (Å²) in [6, 6.07) is 7.89. The zero-order chi connectivity index (χ0) is 14.7. The van der Waals surface area contributed by atoms with Crippen LogP contribution in [0.2, 0.25) is 0 Å². The fourth-order valence-corrected chi connectivity index (χ4v) is 2.27. The van der Waals surface area contributed by atoms with Gasteiger partial charge in [-0.3, -0.25) is 4.68 Å². The minimum absolute atomic E-state index is 0.456. The van der Waals surface area contributed by atoms with Crippen LogP contribution in [0.5, 0.6) is 5.75 Å². The van der Waals surface area contributed by atoms with Crippen molar-refractivity contribution in [3.05, 3.63) is 46.8 Å². The number of rotatable bonds is 5. The van der Waals surface area contributed by atoms with Gasteiger partial charge in [-0.25, -0.2) is 0 Å². The van der Waals surface area contributed by atoms with E-state index in [-0.39, 0.29) is 0 Å². The van der Waals surface area contributed by atoms with Gasteiger partial charge in [0.2, 0.25) is 0 Å². The Hall–Kier alpha value is -1.81. The Kier molecular flexibility index (Phi) is 4.45. The Balaban J connectivity index is 2.18. The molecular weight excluding hydrogens is 252 g/mol. The van der Waals surface area contributed by atoms with Crippen LogP contribution in [0.4, 0.5) is 0 Å². The van der Waals surface area contributed by atoms with Gasteiger partial charge in [-0.2, -0.15) is 5.10 Å². The molecule has 1 aromatic carbocycles. The van der Waals surface area contributed by atoms with Crippen LogP contribution < -0.4 is 4.74 Å². The maximum absolute atomic E-state index is 9.83. The lowest BCUT2D eigenvalue weighted by Gasteiger charge is -2.14. The highest BCUT2D eigenvalue weighted by Gasteiger charge is 2.11. The van der Waals surface area contributed by atoms with Crippen molar-refractivity contribution in [1.29, 1.82) is 0 Å². The number of aromatic nitrogens is 2. The van der Waals surface area contributed by atoms with Crippen molar-refractivity contribution in [3.63, 3.8) is 0 Å². The molecule has 4 nitrogen and oxygen atoms in total. The van der Waals surface area contributed by atoms with Crippen LogP contribution in [-0.2, 0) is 13.2 Å². The molecule has 0 amide bonds. The van der Waals surface area contributed by atoms with E-state index in [9.17, 15) is 5.11 Å². The van der Waals surface area contributed by atoms with Crippen molar-refractivity contribution < 1.29 is 9.84 Å². The summed E-state index contributed by atoms with van der Waals surface area (Å²) in [5.41, 5.74) is 3.97. The van der Waals surface area contributed by atoms with Crippen LogP contribution in [0.1, 0.15) is 42.5 Å². The van der Waals surface area contributed by atoms with E-state index < -0.39 is 6.10 Å². The maximum atomic E-state index is 9.83. The SMILES string of the molecule is CCn1nc(C)cc1COc1ccc(C)cc1[C@H](C)O. The van der Waals surface area contributed by atoms with Crippen molar-refractivity contribution in [1.82, 2.24) is 9.78 Å². The molecule has 1 N–H and O–H groups in total. The molecule has 0 saturated heterocycles. The predicted molar refractivity (Wildman–Crippen MR) is 78.8 cm³/mol. The lowest BCUT2D eigenvalue weighted by Crippen LogP contribution is -2.07. The van der Waals surface area contributed by atoms with Gasteiger partial charge in [-0.05, 0) is 45.9 Å². The topological polar surface area (TPSA) is 47.3 Å². The van der Waals surface area contributed by atoms with Crippen LogP contribution in [0.3, 0.4) is 0 Å². The van der Waals surface area contributed by atoms with Gasteiger partial charge in [0.05, 0.1) is 17.5 Å². The van der Waals surface area contributed by atoms with E-state index in [1.54, 1.807) is 6.92 Å². The Bertz CT molecular complexity index is 588. The first-order chi connectivity index (χ1) is 9.51. The monoisotopic (exact) mass is 274 g/mol. The lowest BCUT2D eigenvalue weighted by molar-refractivity contribution is 0.189. The van der Waals surface area contributed by atoms with Crippen molar-refractivity contribution in [2.24, 2.45) is 0 Å². The lowest BCUT2D eigenvalue weighted by atomic mass is 10.1. The summed E-state index contributed by atoms with van der Waals surface area (Å²) in [4.78, 5) is 0. The first kappa shape index (κ1) is 14.6. The zero-order valence-electron chi connectivity index (χ0n) is 12.6. The number of aliphatic hydroxyl groups is 1.